The summed E-state index contributed by atoms with van der Waals surface area (Å²) in [5.41, 5.74) is 5.83. The Morgan fingerprint density at radius 3 is 2.68 bits per heavy atom. The highest BCUT2D eigenvalue weighted by atomic mass is 32.2. The zero-order valence-electron chi connectivity index (χ0n) is 16.8. The van der Waals surface area contributed by atoms with Crippen molar-refractivity contribution in [3.8, 4) is 5.75 Å². The summed E-state index contributed by atoms with van der Waals surface area (Å²) in [7, 11) is 0. The Bertz CT molecular complexity index is 996. The van der Waals surface area contributed by atoms with Crippen LogP contribution in [0, 0.1) is 0 Å². The lowest BCUT2D eigenvalue weighted by atomic mass is 9.95. The molecule has 0 radical (unpaired) electrons. The van der Waals surface area contributed by atoms with Gasteiger partial charge < -0.3 is 26.4 Å². The summed E-state index contributed by atoms with van der Waals surface area (Å²) in [5, 5.41) is 28.6. The van der Waals surface area contributed by atoms with Gasteiger partial charge in [0, 0.05) is 4.75 Å². The molecule has 0 aliphatic carbocycles. The smallest absolute Gasteiger partial charge is 0.249 e. The summed E-state index contributed by atoms with van der Waals surface area (Å²) in [4.78, 5) is 39.5. The molecule has 2 aliphatic rings. The third-order valence-electron chi connectivity index (χ3n) is 5.32. The largest absolute Gasteiger partial charge is 0.508 e. The summed E-state index contributed by atoms with van der Waals surface area (Å²) >= 11 is 1.53. The first kappa shape index (κ1) is 21.1. The van der Waals surface area contributed by atoms with Gasteiger partial charge in [0.2, 0.25) is 17.7 Å². The van der Waals surface area contributed by atoms with Crippen LogP contribution in [-0.4, -0.2) is 71.1 Å². The second-order valence-electron chi connectivity index (χ2n) is 7.81. The van der Waals surface area contributed by atoms with Crippen molar-refractivity contribution in [2.45, 2.75) is 42.1 Å². The topological polar surface area (TPSA) is 179 Å². The van der Waals surface area contributed by atoms with E-state index < -0.39 is 28.6 Å². The van der Waals surface area contributed by atoms with E-state index in [4.69, 9.17) is 5.73 Å². The Balaban J connectivity index is 1.53. The van der Waals surface area contributed by atoms with Crippen LogP contribution in [0.4, 0.5) is 0 Å². The monoisotopic (exact) mass is 446 g/mol. The van der Waals surface area contributed by atoms with E-state index in [-0.39, 0.29) is 29.6 Å². The highest BCUT2D eigenvalue weighted by Gasteiger charge is 2.63. The van der Waals surface area contributed by atoms with Crippen LogP contribution in [0.1, 0.15) is 37.3 Å². The lowest BCUT2D eigenvalue weighted by Gasteiger charge is -2.44. The average Bonchev–Trinajstić information content (AvgIpc) is 3.34. The molecule has 0 bridgehead atoms. The number of aromatic hydroxyl groups is 1. The molecule has 1 aromatic carbocycles. The number of benzene rings is 1. The van der Waals surface area contributed by atoms with Gasteiger partial charge in [-0.15, -0.1) is 22.0 Å². The van der Waals surface area contributed by atoms with Crippen LogP contribution in [0.3, 0.4) is 0 Å². The van der Waals surface area contributed by atoms with Crippen LogP contribution in [0.15, 0.2) is 24.3 Å². The number of aromatic nitrogens is 4. The molecule has 4 atom stereocenters. The fourth-order valence-electron chi connectivity index (χ4n) is 3.87. The minimum absolute atomic E-state index is 0.0231. The van der Waals surface area contributed by atoms with E-state index in [0.29, 0.717) is 11.4 Å². The van der Waals surface area contributed by atoms with Crippen LogP contribution in [0.5, 0.6) is 5.75 Å². The van der Waals surface area contributed by atoms with E-state index in [1.807, 2.05) is 13.8 Å². The van der Waals surface area contributed by atoms with Gasteiger partial charge in [-0.25, -0.2) is 0 Å². The van der Waals surface area contributed by atoms with Crippen LogP contribution in [-0.2, 0) is 14.4 Å². The molecule has 31 heavy (non-hydrogen) atoms. The number of phenolic OH excluding ortho intramolecular Hbond substituents is 1. The highest BCUT2D eigenvalue weighted by Crippen LogP contribution is 2.56. The predicted molar refractivity (Wildman–Crippen MR) is 109 cm³/mol. The Kier molecular flexibility index (Phi) is 5.31. The minimum atomic E-state index is -1.06. The molecule has 3 heterocycles. The van der Waals surface area contributed by atoms with Gasteiger partial charge in [0.1, 0.15) is 29.2 Å². The lowest BCUT2D eigenvalue weighted by molar-refractivity contribution is -0.152. The standard InChI is InChI=1S/C18H22N8O4S/c1-18(2)13(14-22-24-25-23-14)26-16(30)12(17(26)31-18)21-15(29)11(20-10(28)7-19)8-3-5-9(27)6-4-8/h3-6,11-13,17,27H,7,19H2,1-2H3,(H,20,28)(H,21,29)(H,22,23,24,25)/t11?,12?,13?,17-/m1/s1. The number of carbonyl (C=O) groups excluding carboxylic acids is 3. The fraction of sp³-hybridized carbons (Fsp3) is 0.444. The first-order valence-corrected chi connectivity index (χ1v) is 10.4. The Morgan fingerprint density at radius 1 is 1.35 bits per heavy atom. The average molecular weight is 446 g/mol. The first-order chi connectivity index (χ1) is 14.7. The number of β-lactam (4-membered cyclic amide) rings is 1. The van der Waals surface area contributed by atoms with Crippen LogP contribution >= 0.6 is 11.8 Å². The van der Waals surface area contributed by atoms with Gasteiger partial charge in [-0.1, -0.05) is 17.3 Å². The molecule has 2 aromatic rings. The lowest BCUT2D eigenvalue weighted by Crippen LogP contribution is -2.68. The zero-order valence-corrected chi connectivity index (χ0v) is 17.6. The van der Waals surface area contributed by atoms with Crippen molar-refractivity contribution < 1.29 is 19.5 Å². The van der Waals surface area contributed by atoms with Gasteiger partial charge in [0.25, 0.3) is 0 Å². The number of fused-ring (bicyclic) bond motifs is 1. The quantitative estimate of drug-likeness (QED) is 0.346. The van der Waals surface area contributed by atoms with Crippen molar-refractivity contribution in [3.05, 3.63) is 35.7 Å². The van der Waals surface area contributed by atoms with Gasteiger partial charge in [0.15, 0.2) is 5.82 Å². The molecule has 164 valence electrons. The third-order valence-corrected chi connectivity index (χ3v) is 6.90. The van der Waals surface area contributed by atoms with Crippen LogP contribution < -0.4 is 16.4 Å². The number of nitrogens with one attached hydrogen (secondary N) is 3. The Labute approximate surface area is 181 Å². The van der Waals surface area contributed by atoms with Crippen LogP contribution in [0.25, 0.3) is 0 Å². The SMILES string of the molecule is CC1(C)S[C@@H]2C(NC(=O)C(NC(=O)CN)c3ccc(O)cc3)C(=O)N2C1c1nn[nH]n1. The normalized spacial score (nSPS) is 24.8. The second kappa shape index (κ2) is 7.81. The van der Waals surface area contributed by atoms with E-state index in [9.17, 15) is 19.5 Å². The van der Waals surface area contributed by atoms with Gasteiger partial charge in [-0.05, 0) is 31.5 Å². The van der Waals surface area contributed by atoms with E-state index in [1.165, 1.54) is 36.0 Å². The van der Waals surface area contributed by atoms with Crippen molar-refractivity contribution in [2.24, 2.45) is 5.73 Å². The molecule has 0 spiro atoms. The van der Waals surface area contributed by atoms with Gasteiger partial charge in [-0.2, -0.15) is 5.21 Å². The van der Waals surface area contributed by atoms with Crippen molar-refractivity contribution >= 4 is 29.5 Å². The molecule has 6 N–H and O–H groups in total. The minimum Gasteiger partial charge on any atom is -0.508 e. The van der Waals surface area contributed by atoms with E-state index in [0.717, 1.165) is 0 Å². The molecule has 3 amide bonds. The maximum atomic E-state index is 13.0. The molecule has 3 unspecified atom stereocenters. The summed E-state index contributed by atoms with van der Waals surface area (Å²) < 4.78 is -0.395. The highest BCUT2D eigenvalue weighted by molar-refractivity contribution is 8.01. The predicted octanol–water partition coefficient (Wildman–Crippen LogP) is -1.06. The number of rotatable bonds is 6. The number of H-pyrrole nitrogens is 1. The summed E-state index contributed by atoms with van der Waals surface area (Å²) in [6.07, 6.45) is 0. The second-order valence-corrected chi connectivity index (χ2v) is 9.58. The summed E-state index contributed by atoms with van der Waals surface area (Å²) in [6, 6.07) is 3.65. The zero-order chi connectivity index (χ0) is 22.3. The van der Waals surface area contributed by atoms with E-state index in [2.05, 4.69) is 31.3 Å². The molecule has 4 rings (SSSR count). The van der Waals surface area contributed by atoms with Gasteiger partial charge >= 0.3 is 0 Å². The molecular weight excluding hydrogens is 424 g/mol. The number of thioether (sulfide) groups is 1. The van der Waals surface area contributed by atoms with Gasteiger partial charge in [0.05, 0.1) is 6.54 Å². The summed E-state index contributed by atoms with van der Waals surface area (Å²) in [6.45, 7) is 3.66. The number of aromatic amines is 1. The number of nitrogens with two attached hydrogens (primary N) is 1. The number of nitrogens with zero attached hydrogens (tertiary/aromatic N) is 4. The third kappa shape index (κ3) is 3.70. The first-order valence-electron chi connectivity index (χ1n) is 9.55. The Morgan fingerprint density at radius 2 is 2.06 bits per heavy atom. The molecule has 2 aliphatic heterocycles. The van der Waals surface area contributed by atoms with Gasteiger partial charge in [-0.3, -0.25) is 14.4 Å². The molecule has 12 nitrogen and oxygen atoms in total. The van der Waals surface area contributed by atoms with Crippen molar-refractivity contribution in [1.29, 1.82) is 0 Å². The van der Waals surface area contributed by atoms with Crippen molar-refractivity contribution in [1.82, 2.24) is 36.2 Å². The maximum Gasteiger partial charge on any atom is 0.249 e. The Hall–Kier alpha value is -3.19. The number of hydrogen-bond acceptors (Lipinski definition) is 9. The number of phenols is 1. The van der Waals surface area contributed by atoms with Crippen molar-refractivity contribution in [3.63, 3.8) is 0 Å². The number of tetrazole rings is 1. The molecule has 2 fully saturated rings. The molecule has 0 saturated carbocycles. The maximum absolute atomic E-state index is 13.0. The number of amides is 3. The van der Waals surface area contributed by atoms with E-state index >= 15 is 0 Å². The van der Waals surface area contributed by atoms with Crippen molar-refractivity contribution in [2.75, 3.05) is 6.54 Å². The summed E-state index contributed by atoms with van der Waals surface area (Å²) in [5.74, 6) is -0.902. The van der Waals surface area contributed by atoms with E-state index in [1.54, 1.807) is 4.90 Å². The molecule has 2 saturated heterocycles. The molecule has 1 aromatic heterocycles. The molecular formula is C18H22N8O4S. The number of carbonyl (C=O) groups is 3. The molecule has 13 heteroatoms. The van der Waals surface area contributed by atoms with Crippen LogP contribution in [0.2, 0.25) is 0 Å². The fourth-order valence-corrected chi connectivity index (χ4v) is 5.50. The number of hydrogen-bond donors (Lipinski definition) is 5.